The fourth-order valence-electron chi connectivity index (χ4n) is 4.84. The average Bonchev–Trinajstić information content (AvgIpc) is 3.63. The number of aryl methyl sites for hydroxylation is 1. The van der Waals surface area contributed by atoms with Gasteiger partial charge in [-0.1, -0.05) is 35.5 Å². The number of para-hydroxylation sites is 2. The molecule has 2 N–H and O–H groups in total. The van der Waals surface area contributed by atoms with Crippen LogP contribution < -0.4 is 20.1 Å². The van der Waals surface area contributed by atoms with Gasteiger partial charge in [0.1, 0.15) is 16.5 Å². The standard InChI is InChI=1S/C31H32ClN5O6S2/c1-3-42-30(40)28-21-8-4-7-11-24(21)45-29(28)34-27(39)18-44-31-36-35-25(37(31)22-9-5-6-10-23(22)41-2)16-33-26(38)17-43-20-14-12-19(32)13-15-20/h5-6,9-10,12-15H,3-4,7-8,11,16-18H2,1-2H3,(H,33,38)(H,34,39). The summed E-state index contributed by atoms with van der Waals surface area (Å²) in [5.74, 6) is 0.432. The number of thioether (sulfide) groups is 1. The van der Waals surface area contributed by atoms with E-state index in [0.717, 1.165) is 36.1 Å². The molecule has 11 nitrogen and oxygen atoms in total. The molecule has 2 aromatic carbocycles. The van der Waals surface area contributed by atoms with Gasteiger partial charge in [0.05, 0.1) is 37.3 Å². The Kier molecular flexibility index (Phi) is 11.0. The average molecular weight is 670 g/mol. The molecule has 0 unspecified atom stereocenters. The molecule has 0 radical (unpaired) electrons. The number of carbonyl (C=O) groups is 3. The van der Waals surface area contributed by atoms with E-state index in [4.69, 9.17) is 25.8 Å². The number of carbonyl (C=O) groups excluding carboxylic acids is 3. The minimum atomic E-state index is -0.416. The van der Waals surface area contributed by atoms with Crippen molar-refractivity contribution in [2.75, 3.05) is 31.4 Å². The van der Waals surface area contributed by atoms with E-state index in [1.54, 1.807) is 48.9 Å². The first-order valence-electron chi connectivity index (χ1n) is 14.3. The van der Waals surface area contributed by atoms with Gasteiger partial charge in [0.2, 0.25) is 5.91 Å². The molecule has 4 aromatic rings. The molecular formula is C31H32ClN5O6S2. The molecule has 0 saturated carbocycles. The Morgan fingerprint density at radius 2 is 1.82 bits per heavy atom. The van der Waals surface area contributed by atoms with Crippen molar-refractivity contribution in [2.24, 2.45) is 0 Å². The SMILES string of the molecule is CCOC(=O)c1c(NC(=O)CSc2nnc(CNC(=O)COc3ccc(Cl)cc3)n2-c2ccccc2OC)sc2c1CCCC2. The number of fused-ring (bicyclic) bond motifs is 1. The van der Waals surface area contributed by atoms with Crippen molar-refractivity contribution in [3.05, 3.63) is 75.4 Å². The molecule has 0 fully saturated rings. The molecule has 0 atom stereocenters. The zero-order chi connectivity index (χ0) is 31.8. The second-order valence-electron chi connectivity index (χ2n) is 9.90. The number of thiophene rings is 1. The minimum Gasteiger partial charge on any atom is -0.495 e. The summed E-state index contributed by atoms with van der Waals surface area (Å²) in [6, 6.07) is 14.0. The number of nitrogens with one attached hydrogen (secondary N) is 2. The van der Waals surface area contributed by atoms with Crippen LogP contribution in [0.25, 0.3) is 5.69 Å². The number of nitrogens with zero attached hydrogens (tertiary/aromatic N) is 3. The molecule has 1 aliphatic carbocycles. The van der Waals surface area contributed by atoms with Crippen LogP contribution in [0, 0.1) is 0 Å². The first-order valence-corrected chi connectivity index (χ1v) is 16.5. The van der Waals surface area contributed by atoms with Crippen molar-refractivity contribution in [1.82, 2.24) is 20.1 Å². The van der Waals surface area contributed by atoms with E-state index >= 15 is 0 Å². The summed E-state index contributed by atoms with van der Waals surface area (Å²) >= 11 is 8.52. The molecule has 2 heterocycles. The summed E-state index contributed by atoms with van der Waals surface area (Å²) in [5, 5.41) is 15.9. The number of hydrogen-bond donors (Lipinski definition) is 2. The molecule has 2 aromatic heterocycles. The highest BCUT2D eigenvalue weighted by molar-refractivity contribution is 7.99. The second-order valence-corrected chi connectivity index (χ2v) is 12.4. The van der Waals surface area contributed by atoms with Gasteiger partial charge in [0.25, 0.3) is 5.91 Å². The number of methoxy groups -OCH3 is 1. The molecule has 2 amide bonds. The number of esters is 1. The summed E-state index contributed by atoms with van der Waals surface area (Å²) in [5.41, 5.74) is 2.09. The van der Waals surface area contributed by atoms with E-state index in [-0.39, 0.29) is 37.3 Å². The zero-order valence-electron chi connectivity index (χ0n) is 24.8. The number of benzene rings is 2. The molecule has 1 aliphatic rings. The van der Waals surface area contributed by atoms with Crippen LogP contribution in [0.5, 0.6) is 11.5 Å². The molecule has 45 heavy (non-hydrogen) atoms. The molecule has 0 saturated heterocycles. The van der Waals surface area contributed by atoms with Crippen molar-refractivity contribution < 1.29 is 28.6 Å². The fraction of sp³-hybridized carbons (Fsp3) is 0.323. The highest BCUT2D eigenvalue weighted by Crippen LogP contribution is 2.39. The molecule has 14 heteroatoms. The van der Waals surface area contributed by atoms with E-state index in [9.17, 15) is 14.4 Å². The van der Waals surface area contributed by atoms with Gasteiger partial charge in [-0.15, -0.1) is 21.5 Å². The van der Waals surface area contributed by atoms with Crippen LogP contribution in [-0.4, -0.2) is 58.6 Å². The Labute approximate surface area is 273 Å². The third-order valence-corrected chi connectivity index (χ3v) is 9.28. The van der Waals surface area contributed by atoms with Gasteiger partial charge < -0.3 is 24.8 Å². The molecule has 0 aliphatic heterocycles. The van der Waals surface area contributed by atoms with Crippen molar-refractivity contribution >= 4 is 57.5 Å². The van der Waals surface area contributed by atoms with E-state index in [0.29, 0.717) is 43.8 Å². The van der Waals surface area contributed by atoms with Crippen molar-refractivity contribution in [3.63, 3.8) is 0 Å². The predicted molar refractivity (Wildman–Crippen MR) is 173 cm³/mol. The number of anilines is 1. The topological polar surface area (TPSA) is 134 Å². The normalized spacial score (nSPS) is 12.2. The fourth-order valence-corrected chi connectivity index (χ4v) is 7.02. The minimum absolute atomic E-state index is 0.000590. The molecular weight excluding hydrogens is 638 g/mol. The Hall–Kier alpha value is -4.07. The van der Waals surface area contributed by atoms with Gasteiger partial charge >= 0.3 is 5.97 Å². The highest BCUT2D eigenvalue weighted by atomic mass is 35.5. The number of rotatable bonds is 13. The monoisotopic (exact) mass is 669 g/mol. The van der Waals surface area contributed by atoms with Gasteiger partial charge in [-0.05, 0) is 74.6 Å². The Balaban J connectivity index is 1.30. The van der Waals surface area contributed by atoms with Crippen LogP contribution >= 0.6 is 34.7 Å². The number of amides is 2. The number of aromatic nitrogens is 3. The molecule has 0 bridgehead atoms. The first kappa shape index (κ1) is 32.3. The lowest BCUT2D eigenvalue weighted by atomic mass is 9.95. The Bertz CT molecular complexity index is 1670. The lowest BCUT2D eigenvalue weighted by Gasteiger charge is -2.14. The van der Waals surface area contributed by atoms with Gasteiger partial charge in [-0.2, -0.15) is 0 Å². The number of ether oxygens (including phenoxy) is 3. The summed E-state index contributed by atoms with van der Waals surface area (Å²) < 4.78 is 18.2. The smallest absolute Gasteiger partial charge is 0.341 e. The first-order chi connectivity index (χ1) is 21.9. The number of hydrogen-bond acceptors (Lipinski definition) is 10. The second kappa shape index (κ2) is 15.3. The number of halogens is 1. The maximum absolute atomic E-state index is 13.2. The lowest BCUT2D eigenvalue weighted by molar-refractivity contribution is -0.123. The molecule has 236 valence electrons. The van der Waals surface area contributed by atoms with Crippen LogP contribution in [0.4, 0.5) is 5.00 Å². The summed E-state index contributed by atoms with van der Waals surface area (Å²) in [6.45, 7) is 1.86. The van der Waals surface area contributed by atoms with E-state index in [1.165, 1.54) is 23.1 Å². The molecule has 0 spiro atoms. The van der Waals surface area contributed by atoms with Crippen LogP contribution in [0.2, 0.25) is 5.02 Å². The van der Waals surface area contributed by atoms with Crippen LogP contribution in [-0.2, 0) is 33.7 Å². The maximum atomic E-state index is 13.2. The van der Waals surface area contributed by atoms with Crippen molar-refractivity contribution in [2.45, 2.75) is 44.3 Å². The maximum Gasteiger partial charge on any atom is 0.341 e. The van der Waals surface area contributed by atoms with Crippen LogP contribution in [0.15, 0.2) is 53.7 Å². The molecule has 5 rings (SSSR count). The third-order valence-electron chi connectivity index (χ3n) is 6.89. The third kappa shape index (κ3) is 7.96. The van der Waals surface area contributed by atoms with Gasteiger partial charge in [0, 0.05) is 9.90 Å². The van der Waals surface area contributed by atoms with E-state index < -0.39 is 5.97 Å². The van der Waals surface area contributed by atoms with E-state index in [1.807, 2.05) is 18.2 Å². The van der Waals surface area contributed by atoms with Crippen LogP contribution in [0.1, 0.15) is 46.4 Å². The van der Waals surface area contributed by atoms with Crippen molar-refractivity contribution in [3.8, 4) is 17.2 Å². The van der Waals surface area contributed by atoms with Gasteiger partial charge in [-0.25, -0.2) is 4.79 Å². The summed E-state index contributed by atoms with van der Waals surface area (Å²) in [6.07, 6.45) is 3.72. The zero-order valence-corrected chi connectivity index (χ0v) is 27.2. The van der Waals surface area contributed by atoms with Crippen LogP contribution in [0.3, 0.4) is 0 Å². The quantitative estimate of drug-likeness (QED) is 0.140. The van der Waals surface area contributed by atoms with Gasteiger partial charge in [0.15, 0.2) is 17.6 Å². The summed E-state index contributed by atoms with van der Waals surface area (Å²) in [7, 11) is 1.56. The largest absolute Gasteiger partial charge is 0.495 e. The predicted octanol–water partition coefficient (Wildman–Crippen LogP) is 5.47. The van der Waals surface area contributed by atoms with E-state index in [2.05, 4.69) is 20.8 Å². The highest BCUT2D eigenvalue weighted by Gasteiger charge is 2.27. The lowest BCUT2D eigenvalue weighted by Crippen LogP contribution is -2.29. The Morgan fingerprint density at radius 1 is 1.04 bits per heavy atom. The summed E-state index contributed by atoms with van der Waals surface area (Å²) in [4.78, 5) is 39.7. The van der Waals surface area contributed by atoms with Gasteiger partial charge in [-0.3, -0.25) is 14.2 Å². The van der Waals surface area contributed by atoms with Crippen molar-refractivity contribution in [1.29, 1.82) is 0 Å². The Morgan fingerprint density at radius 3 is 2.60 bits per heavy atom.